The lowest BCUT2D eigenvalue weighted by Gasteiger charge is -2.41. The molecule has 0 saturated heterocycles. The van der Waals surface area contributed by atoms with Crippen molar-refractivity contribution < 1.29 is 18.3 Å². The van der Waals surface area contributed by atoms with Gasteiger partial charge in [0.25, 0.3) is 5.91 Å². The van der Waals surface area contributed by atoms with Crippen LogP contribution in [0.25, 0.3) is 0 Å². The Balaban J connectivity index is 2.30. The minimum absolute atomic E-state index is 0.0937. The minimum atomic E-state index is -3.35. The van der Waals surface area contributed by atoms with Crippen molar-refractivity contribution in [3.05, 3.63) is 29.3 Å². The Bertz CT molecular complexity index is 627. The quantitative estimate of drug-likeness (QED) is 0.870. The third kappa shape index (κ3) is 2.86. The van der Waals surface area contributed by atoms with Crippen LogP contribution in [0.15, 0.2) is 23.1 Å². The molecule has 0 aromatic heterocycles. The molecule has 5 nitrogen and oxygen atoms in total. The van der Waals surface area contributed by atoms with E-state index in [9.17, 15) is 18.3 Å². The van der Waals surface area contributed by atoms with Crippen LogP contribution >= 0.6 is 0 Å². The highest BCUT2D eigenvalue weighted by atomic mass is 32.2. The molecule has 2 rings (SSSR count). The summed E-state index contributed by atoms with van der Waals surface area (Å²) in [4.78, 5) is 12.4. The first kappa shape index (κ1) is 15.0. The van der Waals surface area contributed by atoms with Gasteiger partial charge in [-0.25, -0.2) is 8.42 Å². The summed E-state index contributed by atoms with van der Waals surface area (Å²) in [6.45, 7) is 1.66. The SMILES string of the molecule is Cc1ccc(S(C)(=O)=O)cc1C(=O)NC1(CO)CCC1. The molecule has 0 aliphatic heterocycles. The lowest BCUT2D eigenvalue weighted by atomic mass is 9.77. The Morgan fingerprint density at radius 1 is 1.40 bits per heavy atom. The van der Waals surface area contributed by atoms with Crippen LogP contribution in [0.3, 0.4) is 0 Å². The van der Waals surface area contributed by atoms with E-state index in [4.69, 9.17) is 0 Å². The Morgan fingerprint density at radius 3 is 2.50 bits per heavy atom. The fourth-order valence-electron chi connectivity index (χ4n) is 2.31. The van der Waals surface area contributed by atoms with Crippen molar-refractivity contribution in [2.24, 2.45) is 0 Å². The Labute approximate surface area is 118 Å². The van der Waals surface area contributed by atoms with Gasteiger partial charge >= 0.3 is 0 Å². The van der Waals surface area contributed by atoms with Crippen LogP contribution in [0, 0.1) is 6.92 Å². The summed E-state index contributed by atoms with van der Waals surface area (Å²) in [5.41, 5.74) is 0.514. The highest BCUT2D eigenvalue weighted by molar-refractivity contribution is 7.90. The van der Waals surface area contributed by atoms with Crippen LogP contribution in [-0.4, -0.2) is 37.8 Å². The van der Waals surface area contributed by atoms with Crippen LogP contribution in [0.5, 0.6) is 0 Å². The summed E-state index contributed by atoms with van der Waals surface area (Å²) < 4.78 is 23.1. The summed E-state index contributed by atoms with van der Waals surface area (Å²) in [5, 5.41) is 12.2. The summed E-state index contributed by atoms with van der Waals surface area (Å²) >= 11 is 0. The van der Waals surface area contributed by atoms with Gasteiger partial charge in [0, 0.05) is 11.8 Å². The molecule has 1 saturated carbocycles. The van der Waals surface area contributed by atoms with Crippen LogP contribution in [0.1, 0.15) is 35.2 Å². The van der Waals surface area contributed by atoms with Gasteiger partial charge in [-0.2, -0.15) is 0 Å². The molecule has 1 aromatic rings. The van der Waals surface area contributed by atoms with E-state index in [1.807, 2.05) is 0 Å². The van der Waals surface area contributed by atoms with Crippen molar-refractivity contribution in [3.8, 4) is 0 Å². The van der Waals surface area contributed by atoms with Crippen molar-refractivity contribution in [1.82, 2.24) is 5.32 Å². The van der Waals surface area contributed by atoms with E-state index in [2.05, 4.69) is 5.32 Å². The molecule has 0 atom stereocenters. The molecular weight excluding hydrogens is 278 g/mol. The van der Waals surface area contributed by atoms with Crippen LogP contribution < -0.4 is 5.32 Å². The summed E-state index contributed by atoms with van der Waals surface area (Å²) in [5.74, 6) is -0.332. The van der Waals surface area contributed by atoms with Crippen molar-refractivity contribution in [3.63, 3.8) is 0 Å². The maximum Gasteiger partial charge on any atom is 0.252 e. The monoisotopic (exact) mass is 297 g/mol. The molecule has 0 bridgehead atoms. The number of benzene rings is 1. The average molecular weight is 297 g/mol. The molecule has 1 aliphatic carbocycles. The molecule has 0 spiro atoms. The molecular formula is C14H19NO4S. The summed E-state index contributed by atoms with van der Waals surface area (Å²) in [6, 6.07) is 4.51. The molecule has 20 heavy (non-hydrogen) atoms. The van der Waals surface area contributed by atoms with Gasteiger partial charge in [0.15, 0.2) is 9.84 Å². The standard InChI is InChI=1S/C14H19NO4S/c1-10-4-5-11(20(2,18)19)8-12(10)13(17)15-14(9-16)6-3-7-14/h4-5,8,16H,3,6-7,9H2,1-2H3,(H,15,17). The molecule has 110 valence electrons. The third-order valence-corrected chi connectivity index (χ3v) is 4.98. The number of sulfone groups is 1. The minimum Gasteiger partial charge on any atom is -0.394 e. The van der Waals surface area contributed by atoms with E-state index in [-0.39, 0.29) is 17.4 Å². The van der Waals surface area contributed by atoms with Gasteiger partial charge in [0.05, 0.1) is 17.0 Å². The number of carbonyl (C=O) groups is 1. The predicted molar refractivity (Wildman–Crippen MR) is 75.4 cm³/mol. The maximum atomic E-state index is 12.3. The molecule has 0 heterocycles. The van der Waals surface area contributed by atoms with Gasteiger partial charge in [0.2, 0.25) is 0 Å². The first-order valence-electron chi connectivity index (χ1n) is 6.51. The zero-order valence-corrected chi connectivity index (χ0v) is 12.5. The summed E-state index contributed by atoms with van der Waals surface area (Å²) in [6.07, 6.45) is 3.59. The number of rotatable bonds is 4. The third-order valence-electron chi connectivity index (χ3n) is 3.87. The van der Waals surface area contributed by atoms with Gasteiger partial charge in [-0.3, -0.25) is 4.79 Å². The lowest BCUT2D eigenvalue weighted by molar-refractivity contribution is 0.0641. The normalized spacial score (nSPS) is 17.4. The predicted octanol–water partition coefficient (Wildman–Crippen LogP) is 1.04. The van der Waals surface area contributed by atoms with Crippen molar-refractivity contribution in [2.75, 3.05) is 12.9 Å². The zero-order chi connectivity index (χ0) is 15.0. The second-order valence-electron chi connectivity index (χ2n) is 5.50. The summed E-state index contributed by atoms with van der Waals surface area (Å²) in [7, 11) is -3.35. The number of aliphatic hydroxyl groups is 1. The van der Waals surface area contributed by atoms with Crippen LogP contribution in [0.2, 0.25) is 0 Å². The number of nitrogens with one attached hydrogen (secondary N) is 1. The second kappa shape index (κ2) is 5.18. The van der Waals surface area contributed by atoms with E-state index < -0.39 is 15.4 Å². The smallest absolute Gasteiger partial charge is 0.252 e. The van der Waals surface area contributed by atoms with Gasteiger partial charge in [-0.1, -0.05) is 6.07 Å². The molecule has 1 fully saturated rings. The molecule has 1 aliphatic rings. The van der Waals surface area contributed by atoms with E-state index in [0.29, 0.717) is 11.1 Å². The van der Waals surface area contributed by atoms with Crippen molar-refractivity contribution >= 4 is 15.7 Å². The van der Waals surface area contributed by atoms with E-state index in [1.54, 1.807) is 13.0 Å². The van der Waals surface area contributed by atoms with Crippen LogP contribution in [0.4, 0.5) is 0 Å². The Morgan fingerprint density at radius 2 is 2.05 bits per heavy atom. The number of hydrogen-bond acceptors (Lipinski definition) is 4. The first-order chi connectivity index (χ1) is 9.27. The van der Waals surface area contributed by atoms with Gasteiger partial charge in [-0.05, 0) is 43.9 Å². The molecule has 6 heteroatoms. The fraction of sp³-hybridized carbons (Fsp3) is 0.500. The first-order valence-corrected chi connectivity index (χ1v) is 8.41. The molecule has 2 N–H and O–H groups in total. The largest absolute Gasteiger partial charge is 0.394 e. The Kier molecular flexibility index (Phi) is 3.88. The Hall–Kier alpha value is -1.40. The van der Waals surface area contributed by atoms with Gasteiger partial charge in [0.1, 0.15) is 0 Å². The molecule has 0 radical (unpaired) electrons. The van der Waals surface area contributed by atoms with Gasteiger partial charge in [-0.15, -0.1) is 0 Å². The highest BCUT2D eigenvalue weighted by Crippen LogP contribution is 2.31. The van der Waals surface area contributed by atoms with E-state index in [1.165, 1.54) is 12.1 Å². The maximum absolute atomic E-state index is 12.3. The topological polar surface area (TPSA) is 83.5 Å². The fourth-order valence-corrected chi connectivity index (χ4v) is 2.96. The highest BCUT2D eigenvalue weighted by Gasteiger charge is 2.38. The average Bonchev–Trinajstić information content (AvgIpc) is 2.32. The number of amides is 1. The van der Waals surface area contributed by atoms with E-state index in [0.717, 1.165) is 25.5 Å². The zero-order valence-electron chi connectivity index (χ0n) is 11.6. The molecule has 1 amide bonds. The number of aliphatic hydroxyl groups excluding tert-OH is 1. The van der Waals surface area contributed by atoms with Gasteiger partial charge < -0.3 is 10.4 Å². The number of hydrogen-bond donors (Lipinski definition) is 2. The lowest BCUT2D eigenvalue weighted by Crippen LogP contribution is -2.56. The molecule has 1 aromatic carbocycles. The van der Waals surface area contributed by atoms with Crippen molar-refractivity contribution in [1.29, 1.82) is 0 Å². The molecule has 0 unspecified atom stereocenters. The number of carbonyl (C=O) groups excluding carboxylic acids is 1. The second-order valence-corrected chi connectivity index (χ2v) is 7.51. The van der Waals surface area contributed by atoms with E-state index >= 15 is 0 Å². The van der Waals surface area contributed by atoms with Crippen LogP contribution in [-0.2, 0) is 9.84 Å². The number of aryl methyl sites for hydroxylation is 1. The van der Waals surface area contributed by atoms with Crippen molar-refractivity contribution in [2.45, 2.75) is 36.6 Å².